The van der Waals surface area contributed by atoms with Gasteiger partial charge in [0.15, 0.2) is 0 Å². The Bertz CT molecular complexity index is 819. The van der Waals surface area contributed by atoms with Crippen molar-refractivity contribution in [2.24, 2.45) is 51.2 Å². The van der Waals surface area contributed by atoms with Gasteiger partial charge in [0.25, 0.3) is 0 Å². The SMILES string of the molecule is CO[C@@H]1C=C(O)[C@H]2[C@@H]3[C@H]4CC[C@@]5(CC[C@@]6(CC[C@@H](CC(C)C)C6)C5)[C@]3(C)[C@](C)(C4)[C@@]12O. The first-order valence-corrected chi connectivity index (χ1v) is 13.2. The van der Waals surface area contributed by atoms with E-state index in [9.17, 15) is 10.2 Å². The third-order valence-electron chi connectivity index (χ3n) is 12.6. The lowest BCUT2D eigenvalue weighted by atomic mass is 9.48. The Balaban J connectivity index is 1.39. The number of rotatable bonds is 3. The van der Waals surface area contributed by atoms with Crippen molar-refractivity contribution in [1.82, 2.24) is 0 Å². The number of fused-ring (bicyclic) bond motifs is 2. The predicted octanol–water partition coefficient (Wildman–Crippen LogP) is 6.26. The highest BCUT2D eigenvalue weighted by Crippen LogP contribution is 2.87. The topological polar surface area (TPSA) is 49.7 Å². The molecule has 0 aromatic rings. The summed E-state index contributed by atoms with van der Waals surface area (Å²) < 4.78 is 5.82. The fraction of sp³-hybridized carbons (Fsp3) is 0.929. The molecule has 6 aliphatic carbocycles. The van der Waals surface area contributed by atoms with Crippen LogP contribution in [0, 0.1) is 51.2 Å². The summed E-state index contributed by atoms with van der Waals surface area (Å²) in [6.07, 6.45) is 15.0. The molecule has 0 aromatic heterocycles. The van der Waals surface area contributed by atoms with Gasteiger partial charge >= 0.3 is 0 Å². The molecule has 174 valence electrons. The lowest BCUT2D eigenvalue weighted by Gasteiger charge is -2.57. The van der Waals surface area contributed by atoms with Crippen molar-refractivity contribution in [3.63, 3.8) is 0 Å². The molecule has 6 rings (SSSR count). The minimum absolute atomic E-state index is 0.0843. The lowest BCUT2D eigenvalue weighted by molar-refractivity contribution is -0.181. The molecule has 3 nitrogen and oxygen atoms in total. The molecule has 2 spiro atoms. The highest BCUT2D eigenvalue weighted by Gasteiger charge is 2.86. The highest BCUT2D eigenvalue weighted by molar-refractivity contribution is 5.41. The second kappa shape index (κ2) is 6.12. The summed E-state index contributed by atoms with van der Waals surface area (Å²) in [5, 5.41) is 23.4. The van der Waals surface area contributed by atoms with Gasteiger partial charge in [-0.3, -0.25) is 0 Å². The molecular weight excluding hydrogens is 384 g/mol. The van der Waals surface area contributed by atoms with E-state index in [4.69, 9.17) is 4.74 Å². The van der Waals surface area contributed by atoms with Crippen molar-refractivity contribution in [2.75, 3.05) is 7.11 Å². The van der Waals surface area contributed by atoms with Gasteiger partial charge in [0, 0.05) is 12.5 Å². The number of methoxy groups -OCH3 is 1. The maximum Gasteiger partial charge on any atom is 0.110 e. The molecule has 3 heteroatoms. The smallest absolute Gasteiger partial charge is 0.110 e. The van der Waals surface area contributed by atoms with Crippen molar-refractivity contribution in [3.05, 3.63) is 11.8 Å². The van der Waals surface area contributed by atoms with Crippen LogP contribution in [0.5, 0.6) is 0 Å². The Morgan fingerprint density at radius 2 is 1.87 bits per heavy atom. The second-order valence-electron chi connectivity index (χ2n) is 13.8. The van der Waals surface area contributed by atoms with Crippen LogP contribution < -0.4 is 0 Å². The monoisotopic (exact) mass is 428 g/mol. The highest BCUT2D eigenvalue weighted by atomic mass is 16.5. The quantitative estimate of drug-likeness (QED) is 0.557. The average molecular weight is 429 g/mol. The molecule has 0 radical (unpaired) electrons. The van der Waals surface area contributed by atoms with Gasteiger partial charge in [-0.2, -0.15) is 0 Å². The van der Waals surface area contributed by atoms with E-state index in [1.54, 1.807) is 7.11 Å². The van der Waals surface area contributed by atoms with Gasteiger partial charge in [0.2, 0.25) is 0 Å². The van der Waals surface area contributed by atoms with Crippen LogP contribution in [-0.4, -0.2) is 29.0 Å². The molecule has 6 aliphatic rings. The van der Waals surface area contributed by atoms with Gasteiger partial charge in [-0.05, 0) is 110 Å². The van der Waals surface area contributed by atoms with Gasteiger partial charge < -0.3 is 14.9 Å². The summed E-state index contributed by atoms with van der Waals surface area (Å²) in [7, 11) is 1.70. The van der Waals surface area contributed by atoms with Crippen LogP contribution >= 0.6 is 0 Å². The van der Waals surface area contributed by atoms with Crippen molar-refractivity contribution in [1.29, 1.82) is 0 Å². The summed E-state index contributed by atoms with van der Waals surface area (Å²) in [5.41, 5.74) is -0.194. The first-order valence-electron chi connectivity index (χ1n) is 13.2. The first-order chi connectivity index (χ1) is 14.6. The minimum atomic E-state index is -0.954. The summed E-state index contributed by atoms with van der Waals surface area (Å²) >= 11 is 0. The van der Waals surface area contributed by atoms with Crippen molar-refractivity contribution in [3.8, 4) is 0 Å². The molecular formula is C28H44O3. The number of aliphatic hydroxyl groups excluding tert-OH is 1. The minimum Gasteiger partial charge on any atom is -0.512 e. The maximum absolute atomic E-state index is 12.3. The van der Waals surface area contributed by atoms with E-state index in [-0.39, 0.29) is 22.9 Å². The van der Waals surface area contributed by atoms with E-state index in [1.807, 2.05) is 6.08 Å². The summed E-state index contributed by atoms with van der Waals surface area (Å²) in [5.74, 6) is 3.06. The van der Waals surface area contributed by atoms with E-state index in [0.717, 1.165) is 18.3 Å². The van der Waals surface area contributed by atoms with Crippen LogP contribution in [0.3, 0.4) is 0 Å². The zero-order valence-electron chi connectivity index (χ0n) is 20.4. The molecule has 2 N–H and O–H groups in total. The standard InChI is InChI=1S/C28H44O3/c1-17(2)12-18-6-8-26(14-18)10-11-27(16-26)9-7-19-15-24(3)25(27,4)22(19)23-20(29)13-21(31-5)28(23,24)30/h13,17-19,21-23,29-30H,6-12,14-16H2,1-5H3/t18-,19-,21+,22-,23-,24-,25-,26+,27-,28+/m0/s1. The van der Waals surface area contributed by atoms with Crippen molar-refractivity contribution in [2.45, 2.75) is 104 Å². The second-order valence-corrected chi connectivity index (χ2v) is 13.8. The molecule has 0 unspecified atom stereocenters. The maximum atomic E-state index is 12.3. The van der Waals surface area contributed by atoms with Crippen LogP contribution in [0.1, 0.15) is 91.9 Å². The molecule has 10 atom stereocenters. The van der Waals surface area contributed by atoms with E-state index < -0.39 is 5.60 Å². The summed E-state index contributed by atoms with van der Waals surface area (Å²) in [6, 6.07) is 0. The van der Waals surface area contributed by atoms with Gasteiger partial charge in [-0.1, -0.05) is 27.7 Å². The van der Waals surface area contributed by atoms with Gasteiger partial charge in [-0.15, -0.1) is 0 Å². The van der Waals surface area contributed by atoms with Crippen LogP contribution in [0.25, 0.3) is 0 Å². The lowest BCUT2D eigenvalue weighted by Crippen LogP contribution is -2.59. The van der Waals surface area contributed by atoms with Gasteiger partial charge in [0.05, 0.1) is 11.7 Å². The Labute approximate surface area is 189 Å². The third-order valence-corrected chi connectivity index (χ3v) is 12.6. The Morgan fingerprint density at radius 1 is 1.10 bits per heavy atom. The molecule has 0 heterocycles. The van der Waals surface area contributed by atoms with E-state index in [1.165, 1.54) is 57.8 Å². The zero-order chi connectivity index (χ0) is 22.0. The molecule has 0 aromatic carbocycles. The number of aliphatic hydroxyl groups is 2. The molecule has 4 bridgehead atoms. The van der Waals surface area contributed by atoms with Gasteiger partial charge in [-0.25, -0.2) is 0 Å². The van der Waals surface area contributed by atoms with Crippen molar-refractivity contribution < 1.29 is 14.9 Å². The summed E-state index contributed by atoms with van der Waals surface area (Å²) in [4.78, 5) is 0. The Morgan fingerprint density at radius 3 is 2.58 bits per heavy atom. The first kappa shape index (κ1) is 21.0. The van der Waals surface area contributed by atoms with E-state index in [2.05, 4.69) is 27.7 Å². The molecule has 0 amide bonds. The molecule has 31 heavy (non-hydrogen) atoms. The summed E-state index contributed by atoms with van der Waals surface area (Å²) in [6.45, 7) is 9.69. The van der Waals surface area contributed by atoms with Crippen LogP contribution in [0.4, 0.5) is 0 Å². The zero-order valence-corrected chi connectivity index (χ0v) is 20.4. The van der Waals surface area contributed by atoms with Crippen LogP contribution in [0.15, 0.2) is 11.8 Å². The van der Waals surface area contributed by atoms with Gasteiger partial charge in [0.1, 0.15) is 11.7 Å². The predicted molar refractivity (Wildman–Crippen MR) is 123 cm³/mol. The van der Waals surface area contributed by atoms with E-state index in [0.29, 0.717) is 28.4 Å². The van der Waals surface area contributed by atoms with Crippen LogP contribution in [0.2, 0.25) is 0 Å². The Hall–Kier alpha value is -0.540. The molecule has 0 aliphatic heterocycles. The Kier molecular flexibility index (Phi) is 4.15. The molecule has 0 saturated heterocycles. The third kappa shape index (κ3) is 2.16. The van der Waals surface area contributed by atoms with Crippen LogP contribution in [-0.2, 0) is 4.74 Å². The number of hydrogen-bond donors (Lipinski definition) is 2. The number of hydrogen-bond acceptors (Lipinski definition) is 3. The fourth-order valence-corrected chi connectivity index (χ4v) is 11.6. The number of ether oxygens (including phenoxy) is 1. The average Bonchev–Trinajstić information content (AvgIpc) is 3.41. The van der Waals surface area contributed by atoms with Crippen molar-refractivity contribution >= 4 is 0 Å². The normalized spacial score (nSPS) is 59.3. The van der Waals surface area contributed by atoms with E-state index >= 15 is 0 Å². The molecule has 5 saturated carbocycles. The largest absolute Gasteiger partial charge is 0.512 e. The fourth-order valence-electron chi connectivity index (χ4n) is 11.6. The molecule has 5 fully saturated rings.